The van der Waals surface area contributed by atoms with Crippen molar-refractivity contribution in [3.05, 3.63) is 53.1 Å². The Kier molecular flexibility index (Phi) is 5.64. The van der Waals surface area contributed by atoms with Crippen LogP contribution in [0.5, 0.6) is 5.75 Å². The molecule has 0 bridgehead atoms. The van der Waals surface area contributed by atoms with Crippen molar-refractivity contribution in [3.63, 3.8) is 0 Å². The number of hydrogen-bond acceptors (Lipinski definition) is 4. The van der Waals surface area contributed by atoms with Gasteiger partial charge < -0.3 is 20.3 Å². The number of benzene rings is 2. The van der Waals surface area contributed by atoms with Crippen LogP contribution in [-0.4, -0.2) is 40.1 Å². The normalized spacial score (nSPS) is 10.1. The number of carbonyl (C=O) groups excluding carboxylic acids is 2. The number of carbonyl (C=O) groups is 2. The molecule has 0 aliphatic heterocycles. The van der Waals surface area contributed by atoms with Gasteiger partial charge in [-0.2, -0.15) is 0 Å². The Labute approximate surface area is 147 Å². The SMILES string of the molecule is CNC(=O)c1ccc(NC(=O)c2ccc(N(C)C)c(C)c2)c(OC)c1. The van der Waals surface area contributed by atoms with Crippen LogP contribution in [0.4, 0.5) is 11.4 Å². The van der Waals surface area contributed by atoms with Gasteiger partial charge in [0.25, 0.3) is 11.8 Å². The Morgan fingerprint density at radius 3 is 2.20 bits per heavy atom. The summed E-state index contributed by atoms with van der Waals surface area (Å²) in [4.78, 5) is 26.2. The van der Waals surface area contributed by atoms with Crippen molar-refractivity contribution < 1.29 is 14.3 Å². The van der Waals surface area contributed by atoms with Gasteiger partial charge in [-0.3, -0.25) is 9.59 Å². The minimum atomic E-state index is -0.237. The van der Waals surface area contributed by atoms with E-state index >= 15 is 0 Å². The summed E-state index contributed by atoms with van der Waals surface area (Å²) in [5, 5.41) is 5.38. The van der Waals surface area contributed by atoms with E-state index in [4.69, 9.17) is 4.74 Å². The quantitative estimate of drug-likeness (QED) is 0.877. The fraction of sp³-hybridized carbons (Fsp3) is 0.263. The summed E-state index contributed by atoms with van der Waals surface area (Å²) in [5.41, 5.74) is 3.60. The van der Waals surface area contributed by atoms with E-state index in [2.05, 4.69) is 10.6 Å². The Morgan fingerprint density at radius 1 is 1.00 bits per heavy atom. The Bertz CT molecular complexity index is 800. The molecule has 0 saturated carbocycles. The molecule has 6 nitrogen and oxygen atoms in total. The van der Waals surface area contributed by atoms with E-state index in [0.29, 0.717) is 22.6 Å². The van der Waals surface area contributed by atoms with Crippen LogP contribution in [0, 0.1) is 6.92 Å². The molecule has 0 aromatic heterocycles. The number of nitrogens with zero attached hydrogens (tertiary/aromatic N) is 1. The lowest BCUT2D eigenvalue weighted by Gasteiger charge is -2.16. The highest BCUT2D eigenvalue weighted by molar-refractivity contribution is 6.06. The highest BCUT2D eigenvalue weighted by Crippen LogP contribution is 2.27. The molecule has 0 saturated heterocycles. The number of methoxy groups -OCH3 is 1. The molecular weight excluding hydrogens is 318 g/mol. The Balaban J connectivity index is 2.25. The van der Waals surface area contributed by atoms with Gasteiger partial charge in [0.1, 0.15) is 5.75 Å². The maximum atomic E-state index is 12.5. The lowest BCUT2D eigenvalue weighted by atomic mass is 10.1. The molecule has 0 fully saturated rings. The molecule has 2 aromatic rings. The summed E-state index contributed by atoms with van der Waals surface area (Å²) in [5.74, 6) is -0.0263. The van der Waals surface area contributed by atoms with Crippen molar-refractivity contribution in [1.82, 2.24) is 5.32 Å². The first-order valence-corrected chi connectivity index (χ1v) is 7.86. The topological polar surface area (TPSA) is 70.7 Å². The molecule has 2 amide bonds. The summed E-state index contributed by atoms with van der Waals surface area (Å²) < 4.78 is 5.29. The number of rotatable bonds is 5. The monoisotopic (exact) mass is 341 g/mol. The van der Waals surface area contributed by atoms with Crippen LogP contribution < -0.4 is 20.3 Å². The number of aryl methyl sites for hydroxylation is 1. The molecule has 25 heavy (non-hydrogen) atoms. The minimum Gasteiger partial charge on any atom is -0.495 e. The molecular formula is C19H23N3O3. The Hall–Kier alpha value is -3.02. The van der Waals surface area contributed by atoms with Gasteiger partial charge >= 0.3 is 0 Å². The summed E-state index contributed by atoms with van der Waals surface area (Å²) in [6.07, 6.45) is 0. The maximum Gasteiger partial charge on any atom is 0.255 e. The van der Waals surface area contributed by atoms with E-state index in [1.807, 2.05) is 38.1 Å². The van der Waals surface area contributed by atoms with E-state index < -0.39 is 0 Å². The molecule has 6 heteroatoms. The Morgan fingerprint density at radius 2 is 1.64 bits per heavy atom. The third-order valence-electron chi connectivity index (χ3n) is 3.88. The van der Waals surface area contributed by atoms with Crippen LogP contribution in [0.2, 0.25) is 0 Å². The predicted octanol–water partition coefficient (Wildman–Crippen LogP) is 2.68. The van der Waals surface area contributed by atoms with Crippen LogP contribution in [0.15, 0.2) is 36.4 Å². The van der Waals surface area contributed by atoms with Crippen molar-refractivity contribution in [2.24, 2.45) is 0 Å². The highest BCUT2D eigenvalue weighted by atomic mass is 16.5. The van der Waals surface area contributed by atoms with Crippen LogP contribution in [0.25, 0.3) is 0 Å². The van der Waals surface area contributed by atoms with Gasteiger partial charge in [-0.15, -0.1) is 0 Å². The summed E-state index contributed by atoms with van der Waals surface area (Å²) >= 11 is 0. The van der Waals surface area contributed by atoms with E-state index in [1.165, 1.54) is 7.11 Å². The van der Waals surface area contributed by atoms with Gasteiger partial charge in [-0.1, -0.05) is 0 Å². The molecule has 2 aromatic carbocycles. The highest BCUT2D eigenvalue weighted by Gasteiger charge is 2.13. The summed E-state index contributed by atoms with van der Waals surface area (Å²) in [6, 6.07) is 10.4. The zero-order valence-electron chi connectivity index (χ0n) is 15.1. The third kappa shape index (κ3) is 4.09. The average molecular weight is 341 g/mol. The largest absolute Gasteiger partial charge is 0.495 e. The molecule has 0 spiro atoms. The van der Waals surface area contributed by atoms with Crippen molar-refractivity contribution in [1.29, 1.82) is 0 Å². The van der Waals surface area contributed by atoms with Crippen LogP contribution in [0.3, 0.4) is 0 Å². The van der Waals surface area contributed by atoms with Crippen molar-refractivity contribution in [2.45, 2.75) is 6.92 Å². The third-order valence-corrected chi connectivity index (χ3v) is 3.88. The van der Waals surface area contributed by atoms with E-state index in [9.17, 15) is 9.59 Å². The summed E-state index contributed by atoms with van der Waals surface area (Å²) in [6.45, 7) is 1.96. The van der Waals surface area contributed by atoms with Crippen molar-refractivity contribution >= 4 is 23.2 Å². The van der Waals surface area contributed by atoms with E-state index in [0.717, 1.165) is 11.3 Å². The molecule has 132 valence electrons. The molecule has 0 aliphatic rings. The zero-order chi connectivity index (χ0) is 18.6. The molecule has 0 aliphatic carbocycles. The number of ether oxygens (including phenoxy) is 1. The fourth-order valence-corrected chi connectivity index (χ4v) is 2.57. The average Bonchev–Trinajstić information content (AvgIpc) is 2.60. The second-order valence-electron chi connectivity index (χ2n) is 5.84. The molecule has 0 heterocycles. The van der Waals surface area contributed by atoms with Gasteiger partial charge in [0.05, 0.1) is 12.8 Å². The second kappa shape index (κ2) is 7.70. The number of amides is 2. The van der Waals surface area contributed by atoms with Gasteiger partial charge in [-0.25, -0.2) is 0 Å². The second-order valence-corrected chi connectivity index (χ2v) is 5.84. The molecule has 2 N–H and O–H groups in total. The van der Waals surface area contributed by atoms with Crippen molar-refractivity contribution in [2.75, 3.05) is 38.5 Å². The molecule has 0 radical (unpaired) electrons. The van der Waals surface area contributed by atoms with Gasteiger partial charge in [0.2, 0.25) is 0 Å². The van der Waals surface area contributed by atoms with Crippen molar-refractivity contribution in [3.8, 4) is 5.75 Å². The van der Waals surface area contributed by atoms with E-state index in [-0.39, 0.29) is 11.8 Å². The lowest BCUT2D eigenvalue weighted by molar-refractivity contribution is 0.0962. The summed E-state index contributed by atoms with van der Waals surface area (Å²) in [7, 11) is 6.97. The van der Waals surface area contributed by atoms with E-state index in [1.54, 1.807) is 31.3 Å². The maximum absolute atomic E-state index is 12.5. The number of hydrogen-bond donors (Lipinski definition) is 2. The smallest absolute Gasteiger partial charge is 0.255 e. The first kappa shape index (κ1) is 18.3. The lowest BCUT2D eigenvalue weighted by Crippen LogP contribution is -2.18. The first-order valence-electron chi connectivity index (χ1n) is 7.86. The molecule has 2 rings (SSSR count). The van der Waals surface area contributed by atoms with Gasteiger partial charge in [-0.05, 0) is 48.9 Å². The predicted molar refractivity (Wildman–Crippen MR) is 99.8 cm³/mol. The number of nitrogens with one attached hydrogen (secondary N) is 2. The minimum absolute atomic E-state index is 0.217. The molecule has 0 unspecified atom stereocenters. The van der Waals surface area contributed by atoms with Crippen LogP contribution in [-0.2, 0) is 0 Å². The van der Waals surface area contributed by atoms with Gasteiger partial charge in [0.15, 0.2) is 0 Å². The first-order chi connectivity index (χ1) is 11.9. The van der Waals surface area contributed by atoms with Crippen LogP contribution in [0.1, 0.15) is 26.3 Å². The standard InChI is InChI=1S/C19H23N3O3/c1-12-10-13(7-9-16(12)22(3)4)19(24)21-15-8-6-14(18(23)20-2)11-17(15)25-5/h6-11H,1-5H3,(H,20,23)(H,21,24). The number of anilines is 2. The zero-order valence-corrected chi connectivity index (χ0v) is 15.1. The van der Waals surface area contributed by atoms with Crippen LogP contribution >= 0.6 is 0 Å². The van der Waals surface area contributed by atoms with Gasteiger partial charge in [0, 0.05) is 38.0 Å². The molecule has 0 atom stereocenters. The fourth-order valence-electron chi connectivity index (χ4n) is 2.57.